The van der Waals surface area contributed by atoms with Gasteiger partial charge < -0.3 is 15.3 Å². The van der Waals surface area contributed by atoms with Crippen LogP contribution in [0.2, 0.25) is 0 Å². The molecule has 2 N–H and O–H groups in total. The first-order chi connectivity index (χ1) is 7.63. The molecule has 1 rings (SSSR count). The summed E-state index contributed by atoms with van der Waals surface area (Å²) in [5.74, 6) is -0.798. The molecule has 0 aromatic carbocycles. The molecule has 4 heteroatoms. The summed E-state index contributed by atoms with van der Waals surface area (Å²) >= 11 is 0. The Labute approximate surface area is 97.3 Å². The quantitative estimate of drug-likeness (QED) is 0.689. The lowest BCUT2D eigenvalue weighted by Gasteiger charge is -2.29. The van der Waals surface area contributed by atoms with Crippen molar-refractivity contribution in [1.82, 2.24) is 10.2 Å². The molecule has 1 aliphatic rings. The monoisotopic (exact) mass is 226 g/mol. The highest BCUT2D eigenvalue weighted by atomic mass is 16.4. The Hall–Kier alpha value is -0.870. The number of carbonyl (C=O) groups is 1. The van der Waals surface area contributed by atoms with Crippen molar-refractivity contribution in [3.63, 3.8) is 0 Å². The van der Waals surface area contributed by atoms with Crippen LogP contribution in [0, 0.1) is 0 Å². The fourth-order valence-electron chi connectivity index (χ4n) is 1.94. The van der Waals surface area contributed by atoms with Gasteiger partial charge in [-0.05, 0) is 39.4 Å². The number of likely N-dealkylation sites (tertiary alicyclic amines) is 1. The number of hydrogen-bond donors (Lipinski definition) is 2. The standard InChI is InChI=1S/C12H22N2O2/c1-3-10(12(15)16)4-7-13-11-5-8-14(2)9-6-11/h4,11,13H,3,5-9H2,1-2H3,(H,15,16). The van der Waals surface area contributed by atoms with Crippen LogP contribution in [0.4, 0.5) is 0 Å². The number of hydrogen-bond acceptors (Lipinski definition) is 3. The fraction of sp³-hybridized carbons (Fsp3) is 0.750. The molecule has 0 bridgehead atoms. The van der Waals surface area contributed by atoms with E-state index in [4.69, 9.17) is 5.11 Å². The van der Waals surface area contributed by atoms with Crippen LogP contribution in [0.25, 0.3) is 0 Å². The third kappa shape index (κ3) is 4.33. The van der Waals surface area contributed by atoms with Crippen LogP contribution in [0.15, 0.2) is 11.6 Å². The Bertz CT molecular complexity index is 256. The molecule has 1 fully saturated rings. The molecule has 0 amide bonds. The number of carboxylic acid groups (broad SMARTS) is 1. The fourth-order valence-corrected chi connectivity index (χ4v) is 1.94. The van der Waals surface area contributed by atoms with E-state index in [1.807, 2.05) is 6.92 Å². The third-order valence-electron chi connectivity index (χ3n) is 3.13. The second kappa shape index (κ2) is 6.66. The summed E-state index contributed by atoms with van der Waals surface area (Å²) in [4.78, 5) is 13.1. The van der Waals surface area contributed by atoms with Crippen molar-refractivity contribution >= 4 is 5.97 Å². The molecule has 92 valence electrons. The van der Waals surface area contributed by atoms with Crippen molar-refractivity contribution in [2.24, 2.45) is 0 Å². The Kier molecular flexibility index (Phi) is 5.49. The summed E-state index contributed by atoms with van der Waals surface area (Å²) in [6.45, 7) is 4.79. The van der Waals surface area contributed by atoms with Crippen LogP contribution in [-0.2, 0) is 4.79 Å². The van der Waals surface area contributed by atoms with Crippen LogP contribution < -0.4 is 5.32 Å². The molecule has 0 saturated carbocycles. The van der Waals surface area contributed by atoms with Crippen molar-refractivity contribution in [3.8, 4) is 0 Å². The molecule has 16 heavy (non-hydrogen) atoms. The maximum atomic E-state index is 10.8. The highest BCUT2D eigenvalue weighted by Crippen LogP contribution is 2.08. The Morgan fingerprint density at radius 2 is 2.12 bits per heavy atom. The van der Waals surface area contributed by atoms with Gasteiger partial charge in [0.15, 0.2) is 0 Å². The molecule has 0 aromatic heterocycles. The summed E-state index contributed by atoms with van der Waals surface area (Å²) in [7, 11) is 2.13. The molecular formula is C12H22N2O2. The van der Waals surface area contributed by atoms with E-state index in [0.717, 1.165) is 25.9 Å². The van der Waals surface area contributed by atoms with Gasteiger partial charge in [-0.1, -0.05) is 13.0 Å². The molecule has 0 radical (unpaired) electrons. The van der Waals surface area contributed by atoms with Crippen molar-refractivity contribution in [1.29, 1.82) is 0 Å². The third-order valence-corrected chi connectivity index (χ3v) is 3.13. The largest absolute Gasteiger partial charge is 0.478 e. The van der Waals surface area contributed by atoms with Gasteiger partial charge in [0.1, 0.15) is 0 Å². The van der Waals surface area contributed by atoms with E-state index in [-0.39, 0.29) is 0 Å². The van der Waals surface area contributed by atoms with Gasteiger partial charge in [-0.15, -0.1) is 0 Å². The van der Waals surface area contributed by atoms with Crippen molar-refractivity contribution in [3.05, 3.63) is 11.6 Å². The molecule has 1 aliphatic heterocycles. The maximum Gasteiger partial charge on any atom is 0.331 e. The average molecular weight is 226 g/mol. The minimum atomic E-state index is -0.798. The summed E-state index contributed by atoms with van der Waals surface area (Å²) in [6.07, 6.45) is 4.68. The molecule has 0 aliphatic carbocycles. The molecule has 0 atom stereocenters. The zero-order valence-electron chi connectivity index (χ0n) is 10.2. The van der Waals surface area contributed by atoms with E-state index >= 15 is 0 Å². The van der Waals surface area contributed by atoms with Gasteiger partial charge in [-0.2, -0.15) is 0 Å². The lowest BCUT2D eigenvalue weighted by molar-refractivity contribution is -0.132. The van der Waals surface area contributed by atoms with Crippen molar-refractivity contribution in [2.75, 3.05) is 26.7 Å². The van der Waals surface area contributed by atoms with E-state index in [2.05, 4.69) is 17.3 Å². The van der Waals surface area contributed by atoms with Crippen LogP contribution >= 0.6 is 0 Å². The Morgan fingerprint density at radius 3 is 2.62 bits per heavy atom. The zero-order valence-corrected chi connectivity index (χ0v) is 10.2. The van der Waals surface area contributed by atoms with E-state index in [9.17, 15) is 4.79 Å². The zero-order chi connectivity index (χ0) is 12.0. The SMILES string of the molecule is CCC(=CCNC1CCN(C)CC1)C(=O)O. The van der Waals surface area contributed by atoms with E-state index in [0.29, 0.717) is 24.6 Å². The minimum Gasteiger partial charge on any atom is -0.478 e. The summed E-state index contributed by atoms with van der Waals surface area (Å²) in [6, 6.07) is 0.541. The molecule has 0 unspecified atom stereocenters. The number of rotatable bonds is 5. The minimum absolute atomic E-state index is 0.500. The van der Waals surface area contributed by atoms with Gasteiger partial charge in [0, 0.05) is 18.2 Å². The smallest absolute Gasteiger partial charge is 0.331 e. The topological polar surface area (TPSA) is 52.6 Å². The first kappa shape index (κ1) is 13.2. The van der Waals surface area contributed by atoms with Gasteiger partial charge >= 0.3 is 5.97 Å². The summed E-state index contributed by atoms with van der Waals surface area (Å²) in [5.41, 5.74) is 0.500. The van der Waals surface area contributed by atoms with Gasteiger partial charge in [0.05, 0.1) is 0 Å². The van der Waals surface area contributed by atoms with Gasteiger partial charge in [-0.25, -0.2) is 4.79 Å². The maximum absolute atomic E-state index is 10.8. The van der Waals surface area contributed by atoms with Crippen LogP contribution in [0.5, 0.6) is 0 Å². The molecule has 1 saturated heterocycles. The lowest BCUT2D eigenvalue weighted by atomic mass is 10.1. The summed E-state index contributed by atoms with van der Waals surface area (Å²) < 4.78 is 0. The Balaban J connectivity index is 2.26. The average Bonchev–Trinajstić information content (AvgIpc) is 2.26. The predicted molar refractivity (Wildman–Crippen MR) is 64.5 cm³/mol. The number of nitrogens with zero attached hydrogens (tertiary/aromatic N) is 1. The number of carboxylic acids is 1. The van der Waals surface area contributed by atoms with Gasteiger partial charge in [0.25, 0.3) is 0 Å². The molecule has 0 spiro atoms. The number of piperidine rings is 1. The highest BCUT2D eigenvalue weighted by Gasteiger charge is 2.15. The molecular weight excluding hydrogens is 204 g/mol. The van der Waals surface area contributed by atoms with Crippen molar-refractivity contribution in [2.45, 2.75) is 32.2 Å². The molecule has 1 heterocycles. The number of aliphatic carboxylic acids is 1. The second-order valence-corrected chi connectivity index (χ2v) is 4.37. The number of nitrogens with one attached hydrogen (secondary N) is 1. The Morgan fingerprint density at radius 1 is 1.50 bits per heavy atom. The summed E-state index contributed by atoms with van der Waals surface area (Å²) in [5, 5.41) is 12.2. The first-order valence-electron chi connectivity index (χ1n) is 5.97. The lowest BCUT2D eigenvalue weighted by Crippen LogP contribution is -2.40. The highest BCUT2D eigenvalue weighted by molar-refractivity contribution is 5.86. The molecule has 4 nitrogen and oxygen atoms in total. The van der Waals surface area contributed by atoms with Crippen molar-refractivity contribution < 1.29 is 9.90 Å². The second-order valence-electron chi connectivity index (χ2n) is 4.37. The van der Waals surface area contributed by atoms with E-state index in [1.54, 1.807) is 6.08 Å². The normalized spacial score (nSPS) is 20.0. The van der Waals surface area contributed by atoms with Crippen LogP contribution in [-0.4, -0.2) is 48.7 Å². The molecule has 0 aromatic rings. The van der Waals surface area contributed by atoms with Gasteiger partial charge in [0.2, 0.25) is 0 Å². The van der Waals surface area contributed by atoms with Crippen LogP contribution in [0.3, 0.4) is 0 Å². The van der Waals surface area contributed by atoms with E-state index in [1.165, 1.54) is 0 Å². The predicted octanol–water partition coefficient (Wildman–Crippen LogP) is 1.09. The first-order valence-corrected chi connectivity index (χ1v) is 5.97. The van der Waals surface area contributed by atoms with Crippen LogP contribution in [0.1, 0.15) is 26.2 Å². The van der Waals surface area contributed by atoms with Gasteiger partial charge in [-0.3, -0.25) is 0 Å². The van der Waals surface area contributed by atoms with E-state index < -0.39 is 5.97 Å².